The molecule has 2 aromatic carbocycles. The van der Waals surface area contributed by atoms with Crippen LogP contribution >= 0.6 is 0 Å². The summed E-state index contributed by atoms with van der Waals surface area (Å²) in [6, 6.07) is 15.8. The molecule has 0 aliphatic heterocycles. The van der Waals surface area contributed by atoms with Crippen LogP contribution in [-0.4, -0.2) is 29.3 Å². The quantitative estimate of drug-likeness (QED) is 0.773. The zero-order chi connectivity index (χ0) is 19.8. The van der Waals surface area contributed by atoms with Crippen molar-refractivity contribution in [3.63, 3.8) is 0 Å². The number of amides is 2. The number of benzene rings is 2. The maximum Gasteiger partial charge on any atom is 0.242 e. The molecule has 1 atom stereocenters. The van der Waals surface area contributed by atoms with E-state index in [1.165, 1.54) is 11.1 Å². The van der Waals surface area contributed by atoms with E-state index >= 15 is 0 Å². The normalized spacial score (nSPS) is 11.7. The third kappa shape index (κ3) is 6.24. The van der Waals surface area contributed by atoms with Crippen molar-refractivity contribution in [2.24, 2.45) is 0 Å². The molecule has 0 aromatic heterocycles. The van der Waals surface area contributed by atoms with Crippen LogP contribution in [0, 0.1) is 13.8 Å². The molecule has 1 N–H and O–H groups in total. The van der Waals surface area contributed by atoms with Crippen LogP contribution in [0.1, 0.15) is 42.5 Å². The van der Waals surface area contributed by atoms with Crippen molar-refractivity contribution in [2.75, 3.05) is 6.54 Å². The van der Waals surface area contributed by atoms with Gasteiger partial charge in [0.25, 0.3) is 0 Å². The average Bonchev–Trinajstić information content (AvgIpc) is 2.66. The SMILES string of the molecule is CCNC(=O)[C@@H](C)N(Cc1ccc(C)cc1)C(=O)CCc1ccc(C)cc1. The Morgan fingerprint density at radius 1 is 0.926 bits per heavy atom. The molecule has 0 bridgehead atoms. The molecular weight excluding hydrogens is 336 g/mol. The van der Waals surface area contributed by atoms with Gasteiger partial charge < -0.3 is 10.2 Å². The Bertz CT molecular complexity index is 751. The van der Waals surface area contributed by atoms with Gasteiger partial charge in [-0.05, 0) is 45.2 Å². The summed E-state index contributed by atoms with van der Waals surface area (Å²) in [7, 11) is 0. The fourth-order valence-electron chi connectivity index (χ4n) is 2.94. The maximum atomic E-state index is 13.0. The Labute approximate surface area is 162 Å². The van der Waals surface area contributed by atoms with Gasteiger partial charge >= 0.3 is 0 Å². The predicted molar refractivity (Wildman–Crippen MR) is 109 cm³/mol. The topological polar surface area (TPSA) is 49.4 Å². The van der Waals surface area contributed by atoms with Crippen LogP contribution in [0.15, 0.2) is 48.5 Å². The highest BCUT2D eigenvalue weighted by Crippen LogP contribution is 2.14. The van der Waals surface area contributed by atoms with E-state index in [9.17, 15) is 9.59 Å². The number of likely N-dealkylation sites (N-methyl/N-ethyl adjacent to an activating group) is 1. The number of rotatable bonds is 8. The van der Waals surface area contributed by atoms with Gasteiger partial charge in [0.2, 0.25) is 11.8 Å². The molecule has 0 saturated heterocycles. The number of aryl methyl sites for hydroxylation is 3. The third-order valence-corrected chi connectivity index (χ3v) is 4.74. The van der Waals surface area contributed by atoms with Crippen LogP contribution in [-0.2, 0) is 22.6 Å². The van der Waals surface area contributed by atoms with Crippen LogP contribution < -0.4 is 5.32 Å². The molecule has 27 heavy (non-hydrogen) atoms. The second-order valence-corrected chi connectivity index (χ2v) is 7.06. The Morgan fingerprint density at radius 3 is 1.96 bits per heavy atom. The number of hydrogen-bond acceptors (Lipinski definition) is 2. The Kier molecular flexibility index (Phi) is 7.59. The minimum absolute atomic E-state index is 0.00472. The van der Waals surface area contributed by atoms with Gasteiger partial charge in [0, 0.05) is 19.5 Å². The van der Waals surface area contributed by atoms with E-state index in [0.29, 0.717) is 25.9 Å². The molecule has 0 heterocycles. The zero-order valence-electron chi connectivity index (χ0n) is 16.8. The predicted octanol–water partition coefficient (Wildman–Crippen LogP) is 3.79. The average molecular weight is 367 g/mol. The Hall–Kier alpha value is -2.62. The minimum atomic E-state index is -0.503. The third-order valence-electron chi connectivity index (χ3n) is 4.74. The molecule has 0 spiro atoms. The second kappa shape index (κ2) is 9.91. The maximum absolute atomic E-state index is 13.0. The molecule has 2 rings (SSSR count). The van der Waals surface area contributed by atoms with Gasteiger partial charge in [-0.15, -0.1) is 0 Å². The standard InChI is InChI=1S/C23H30N2O2/c1-5-24-23(27)19(4)25(16-21-12-8-18(3)9-13-21)22(26)15-14-20-10-6-17(2)7-11-20/h6-13,19H,5,14-16H2,1-4H3,(H,24,27)/t19-/m1/s1. The highest BCUT2D eigenvalue weighted by atomic mass is 16.2. The lowest BCUT2D eigenvalue weighted by Gasteiger charge is -2.29. The van der Waals surface area contributed by atoms with Gasteiger partial charge in [-0.1, -0.05) is 59.7 Å². The molecule has 0 saturated carbocycles. The largest absolute Gasteiger partial charge is 0.355 e. The van der Waals surface area contributed by atoms with E-state index in [-0.39, 0.29) is 11.8 Å². The zero-order valence-corrected chi connectivity index (χ0v) is 16.8. The number of hydrogen-bond donors (Lipinski definition) is 1. The monoisotopic (exact) mass is 366 g/mol. The smallest absolute Gasteiger partial charge is 0.242 e. The minimum Gasteiger partial charge on any atom is -0.355 e. The van der Waals surface area contributed by atoms with Crippen molar-refractivity contribution >= 4 is 11.8 Å². The van der Waals surface area contributed by atoms with Crippen molar-refractivity contribution in [3.8, 4) is 0 Å². The van der Waals surface area contributed by atoms with Crippen LogP contribution in [0.25, 0.3) is 0 Å². The second-order valence-electron chi connectivity index (χ2n) is 7.06. The van der Waals surface area contributed by atoms with Crippen molar-refractivity contribution in [1.29, 1.82) is 0 Å². The van der Waals surface area contributed by atoms with Crippen molar-refractivity contribution < 1.29 is 9.59 Å². The molecule has 4 heteroatoms. The molecule has 4 nitrogen and oxygen atoms in total. The van der Waals surface area contributed by atoms with Crippen molar-refractivity contribution in [2.45, 2.75) is 53.1 Å². The molecule has 2 amide bonds. The van der Waals surface area contributed by atoms with E-state index in [2.05, 4.69) is 29.6 Å². The molecule has 0 radical (unpaired) electrons. The van der Waals surface area contributed by atoms with Crippen molar-refractivity contribution in [1.82, 2.24) is 10.2 Å². The number of nitrogens with one attached hydrogen (secondary N) is 1. The van der Waals surface area contributed by atoms with Crippen LogP contribution in [0.4, 0.5) is 0 Å². The Balaban J connectivity index is 2.11. The summed E-state index contributed by atoms with van der Waals surface area (Å²) in [5.41, 5.74) is 4.54. The lowest BCUT2D eigenvalue weighted by atomic mass is 10.1. The lowest BCUT2D eigenvalue weighted by Crippen LogP contribution is -2.47. The first kappa shape index (κ1) is 20.7. The number of carbonyl (C=O) groups excluding carboxylic acids is 2. The highest BCUT2D eigenvalue weighted by Gasteiger charge is 2.25. The first-order chi connectivity index (χ1) is 12.9. The number of nitrogens with zero attached hydrogens (tertiary/aromatic N) is 1. The summed E-state index contributed by atoms with van der Waals surface area (Å²) < 4.78 is 0. The molecular formula is C23H30N2O2. The fourth-order valence-corrected chi connectivity index (χ4v) is 2.94. The van der Waals surface area contributed by atoms with E-state index < -0.39 is 6.04 Å². The summed E-state index contributed by atoms with van der Waals surface area (Å²) in [5.74, 6) is -0.122. The van der Waals surface area contributed by atoms with Gasteiger partial charge in [-0.3, -0.25) is 9.59 Å². The van der Waals surface area contributed by atoms with E-state index in [1.54, 1.807) is 11.8 Å². The van der Waals surface area contributed by atoms with Gasteiger partial charge in [-0.2, -0.15) is 0 Å². The van der Waals surface area contributed by atoms with Gasteiger partial charge in [-0.25, -0.2) is 0 Å². The molecule has 144 valence electrons. The van der Waals surface area contributed by atoms with Gasteiger partial charge in [0.1, 0.15) is 6.04 Å². The van der Waals surface area contributed by atoms with E-state index in [1.807, 2.05) is 45.0 Å². The summed E-state index contributed by atoms with van der Waals surface area (Å²) in [5, 5.41) is 2.82. The molecule has 0 unspecified atom stereocenters. The first-order valence-electron chi connectivity index (χ1n) is 9.59. The van der Waals surface area contributed by atoms with Crippen molar-refractivity contribution in [3.05, 3.63) is 70.8 Å². The van der Waals surface area contributed by atoms with Crippen LogP contribution in [0.5, 0.6) is 0 Å². The molecule has 0 fully saturated rings. The summed E-state index contributed by atoms with van der Waals surface area (Å²) in [6.07, 6.45) is 1.06. The van der Waals surface area contributed by atoms with Crippen LogP contribution in [0.2, 0.25) is 0 Å². The molecule has 0 aliphatic carbocycles. The van der Waals surface area contributed by atoms with E-state index in [0.717, 1.165) is 11.1 Å². The lowest BCUT2D eigenvalue weighted by molar-refractivity contribution is -0.140. The Morgan fingerprint density at radius 2 is 1.44 bits per heavy atom. The molecule has 0 aliphatic rings. The summed E-state index contributed by atoms with van der Waals surface area (Å²) in [6.45, 7) is 8.75. The first-order valence-corrected chi connectivity index (χ1v) is 9.59. The summed E-state index contributed by atoms with van der Waals surface area (Å²) >= 11 is 0. The van der Waals surface area contributed by atoms with Crippen LogP contribution in [0.3, 0.4) is 0 Å². The van der Waals surface area contributed by atoms with Gasteiger partial charge in [0.05, 0.1) is 0 Å². The van der Waals surface area contributed by atoms with Gasteiger partial charge in [0.15, 0.2) is 0 Å². The van der Waals surface area contributed by atoms with E-state index in [4.69, 9.17) is 0 Å². The molecule has 2 aromatic rings. The number of carbonyl (C=O) groups is 2. The fraction of sp³-hybridized carbons (Fsp3) is 0.391. The summed E-state index contributed by atoms with van der Waals surface area (Å²) in [4.78, 5) is 27.0. The highest BCUT2D eigenvalue weighted by molar-refractivity contribution is 5.87.